The molecule has 1 aromatic rings. The van der Waals surface area contributed by atoms with Crippen LogP contribution in [0.5, 0.6) is 0 Å². The predicted molar refractivity (Wildman–Crippen MR) is 78.6 cm³/mol. The van der Waals surface area contributed by atoms with Crippen molar-refractivity contribution < 1.29 is 4.39 Å². The molecule has 18 heavy (non-hydrogen) atoms. The molecular weight excluding hydrogens is 245 g/mol. The van der Waals surface area contributed by atoms with Gasteiger partial charge in [-0.3, -0.25) is 0 Å². The number of thioether (sulfide) groups is 1. The third-order valence-electron chi connectivity index (χ3n) is 2.97. The van der Waals surface area contributed by atoms with Crippen LogP contribution >= 0.6 is 11.8 Å². The molecule has 1 nitrogen and oxygen atoms in total. The van der Waals surface area contributed by atoms with E-state index in [9.17, 15) is 4.39 Å². The Bertz CT molecular complexity index is 354. The summed E-state index contributed by atoms with van der Waals surface area (Å²) in [7, 11) is 0. The van der Waals surface area contributed by atoms with Crippen molar-refractivity contribution in [3.05, 3.63) is 29.6 Å². The molecule has 0 aliphatic carbocycles. The van der Waals surface area contributed by atoms with E-state index in [4.69, 9.17) is 0 Å². The molecule has 0 aliphatic rings. The molecule has 0 saturated carbocycles. The van der Waals surface area contributed by atoms with Crippen LogP contribution in [0.3, 0.4) is 0 Å². The molecular formula is C15H24FNS. The largest absolute Gasteiger partial charge is 0.313 e. The van der Waals surface area contributed by atoms with Crippen LogP contribution < -0.4 is 5.32 Å². The number of hydrogen-bond donors (Lipinski definition) is 1. The van der Waals surface area contributed by atoms with Crippen molar-refractivity contribution in [1.82, 2.24) is 5.32 Å². The molecule has 1 N–H and O–H groups in total. The van der Waals surface area contributed by atoms with Crippen LogP contribution in [0.2, 0.25) is 0 Å². The van der Waals surface area contributed by atoms with E-state index < -0.39 is 0 Å². The standard InChI is InChI=1S/C15H24FNS/c1-4-8-17-10-13-6-7-15(14(16)9-13)18-11-12(3)5-2/h6-7,9,12,17H,4-5,8,10-11H2,1-3H3. The summed E-state index contributed by atoms with van der Waals surface area (Å²) in [5, 5.41) is 3.28. The lowest BCUT2D eigenvalue weighted by atomic mass is 10.2. The number of halogens is 1. The minimum absolute atomic E-state index is 0.0842. The first-order valence-electron chi connectivity index (χ1n) is 6.79. The Morgan fingerprint density at radius 3 is 2.72 bits per heavy atom. The van der Waals surface area contributed by atoms with Crippen LogP contribution in [0.15, 0.2) is 23.1 Å². The summed E-state index contributed by atoms with van der Waals surface area (Å²) in [6, 6.07) is 5.58. The molecule has 0 fully saturated rings. The molecule has 1 rings (SSSR count). The van der Waals surface area contributed by atoms with Crippen LogP contribution in [-0.4, -0.2) is 12.3 Å². The fraction of sp³-hybridized carbons (Fsp3) is 0.600. The quantitative estimate of drug-likeness (QED) is 0.552. The zero-order valence-corrected chi connectivity index (χ0v) is 12.4. The second-order valence-electron chi connectivity index (χ2n) is 4.77. The highest BCUT2D eigenvalue weighted by Crippen LogP contribution is 2.25. The van der Waals surface area contributed by atoms with Gasteiger partial charge in [-0.2, -0.15) is 0 Å². The minimum Gasteiger partial charge on any atom is -0.313 e. The van der Waals surface area contributed by atoms with Gasteiger partial charge in [0.1, 0.15) is 5.82 Å². The predicted octanol–water partition coefficient (Wildman–Crippen LogP) is 4.46. The van der Waals surface area contributed by atoms with Crippen molar-refractivity contribution in [2.75, 3.05) is 12.3 Å². The van der Waals surface area contributed by atoms with Gasteiger partial charge in [0.25, 0.3) is 0 Å². The van der Waals surface area contributed by atoms with Crippen molar-refractivity contribution >= 4 is 11.8 Å². The number of hydrogen-bond acceptors (Lipinski definition) is 2. The lowest BCUT2D eigenvalue weighted by Crippen LogP contribution is -2.13. The summed E-state index contributed by atoms with van der Waals surface area (Å²) in [5.74, 6) is 1.54. The van der Waals surface area contributed by atoms with Crippen molar-refractivity contribution in [2.45, 2.75) is 45.1 Å². The van der Waals surface area contributed by atoms with Crippen molar-refractivity contribution in [3.63, 3.8) is 0 Å². The highest BCUT2D eigenvalue weighted by molar-refractivity contribution is 7.99. The first-order chi connectivity index (χ1) is 8.67. The number of rotatable bonds is 8. The molecule has 102 valence electrons. The summed E-state index contributed by atoms with van der Waals surface area (Å²) < 4.78 is 13.9. The van der Waals surface area contributed by atoms with Gasteiger partial charge in [-0.15, -0.1) is 11.8 Å². The zero-order valence-electron chi connectivity index (χ0n) is 11.6. The Balaban J connectivity index is 2.51. The molecule has 0 amide bonds. The molecule has 0 aromatic heterocycles. The summed E-state index contributed by atoms with van der Waals surface area (Å²) in [6.07, 6.45) is 2.25. The van der Waals surface area contributed by atoms with Gasteiger partial charge < -0.3 is 5.32 Å². The average molecular weight is 269 g/mol. The van der Waals surface area contributed by atoms with Crippen LogP contribution in [0, 0.1) is 11.7 Å². The van der Waals surface area contributed by atoms with Crippen LogP contribution in [-0.2, 0) is 6.54 Å². The Morgan fingerprint density at radius 2 is 2.11 bits per heavy atom. The smallest absolute Gasteiger partial charge is 0.137 e. The summed E-state index contributed by atoms with van der Waals surface area (Å²) in [6.45, 7) is 8.23. The second-order valence-corrected chi connectivity index (χ2v) is 5.83. The third-order valence-corrected chi connectivity index (χ3v) is 4.35. The maximum absolute atomic E-state index is 13.9. The van der Waals surface area contributed by atoms with Crippen LogP contribution in [0.4, 0.5) is 4.39 Å². The molecule has 0 heterocycles. The normalized spacial score (nSPS) is 12.7. The topological polar surface area (TPSA) is 12.0 Å². The Kier molecular flexibility index (Phi) is 7.36. The van der Waals surface area contributed by atoms with E-state index in [0.717, 1.165) is 42.1 Å². The first-order valence-corrected chi connectivity index (χ1v) is 7.77. The monoisotopic (exact) mass is 269 g/mol. The van der Waals surface area contributed by atoms with Gasteiger partial charge in [-0.05, 0) is 36.6 Å². The fourth-order valence-corrected chi connectivity index (χ4v) is 2.59. The summed E-state index contributed by atoms with van der Waals surface area (Å²) in [4.78, 5) is 0.773. The Labute approximate surface area is 115 Å². The van der Waals surface area contributed by atoms with E-state index in [1.807, 2.05) is 12.1 Å². The maximum Gasteiger partial charge on any atom is 0.137 e. The van der Waals surface area contributed by atoms with Crippen LogP contribution in [0.25, 0.3) is 0 Å². The van der Waals surface area contributed by atoms with Gasteiger partial charge in [0.2, 0.25) is 0 Å². The van der Waals surface area contributed by atoms with Gasteiger partial charge in [-0.1, -0.05) is 33.3 Å². The molecule has 0 bridgehead atoms. The van der Waals surface area contributed by atoms with Gasteiger partial charge in [0.05, 0.1) is 0 Å². The molecule has 0 saturated heterocycles. The Morgan fingerprint density at radius 1 is 1.33 bits per heavy atom. The summed E-state index contributed by atoms with van der Waals surface area (Å²) in [5.41, 5.74) is 1.02. The van der Waals surface area contributed by atoms with Crippen molar-refractivity contribution in [2.24, 2.45) is 5.92 Å². The lowest BCUT2D eigenvalue weighted by Gasteiger charge is -2.10. The van der Waals surface area contributed by atoms with E-state index >= 15 is 0 Å². The van der Waals surface area contributed by atoms with Gasteiger partial charge >= 0.3 is 0 Å². The van der Waals surface area contributed by atoms with Gasteiger partial charge in [0.15, 0.2) is 0 Å². The molecule has 0 spiro atoms. The van der Waals surface area contributed by atoms with E-state index in [0.29, 0.717) is 5.92 Å². The third kappa shape index (κ3) is 5.40. The van der Waals surface area contributed by atoms with E-state index in [1.54, 1.807) is 17.8 Å². The number of nitrogens with one attached hydrogen (secondary N) is 1. The molecule has 3 heteroatoms. The van der Waals surface area contributed by atoms with Gasteiger partial charge in [0, 0.05) is 17.2 Å². The van der Waals surface area contributed by atoms with Crippen LogP contribution in [0.1, 0.15) is 39.2 Å². The van der Waals surface area contributed by atoms with Crippen molar-refractivity contribution in [3.8, 4) is 0 Å². The van der Waals surface area contributed by atoms with E-state index in [-0.39, 0.29) is 5.82 Å². The lowest BCUT2D eigenvalue weighted by molar-refractivity contribution is 0.593. The maximum atomic E-state index is 13.9. The Hall–Kier alpha value is -0.540. The molecule has 1 unspecified atom stereocenters. The highest BCUT2D eigenvalue weighted by Gasteiger charge is 2.06. The minimum atomic E-state index is -0.0842. The first kappa shape index (κ1) is 15.5. The number of benzene rings is 1. The average Bonchev–Trinajstić information content (AvgIpc) is 2.37. The molecule has 1 atom stereocenters. The fourth-order valence-electron chi connectivity index (χ4n) is 1.53. The van der Waals surface area contributed by atoms with Crippen molar-refractivity contribution in [1.29, 1.82) is 0 Å². The summed E-state index contributed by atoms with van der Waals surface area (Å²) >= 11 is 1.62. The zero-order chi connectivity index (χ0) is 13.4. The second kappa shape index (κ2) is 8.54. The molecule has 1 aromatic carbocycles. The van der Waals surface area contributed by atoms with E-state index in [1.165, 1.54) is 0 Å². The highest BCUT2D eigenvalue weighted by atomic mass is 32.2. The molecule has 0 aliphatic heterocycles. The SMILES string of the molecule is CCCNCc1ccc(SCC(C)CC)c(F)c1. The van der Waals surface area contributed by atoms with Gasteiger partial charge in [-0.25, -0.2) is 4.39 Å². The van der Waals surface area contributed by atoms with E-state index in [2.05, 4.69) is 26.1 Å². The molecule has 0 radical (unpaired) electrons.